The Balaban J connectivity index is 2.33. The summed E-state index contributed by atoms with van der Waals surface area (Å²) >= 11 is 0. The van der Waals surface area contributed by atoms with Gasteiger partial charge < -0.3 is 0 Å². The second-order valence-electron chi connectivity index (χ2n) is 9.59. The van der Waals surface area contributed by atoms with E-state index in [1.165, 1.54) is 5.56 Å². The van der Waals surface area contributed by atoms with Crippen LogP contribution in [-0.4, -0.2) is 0 Å². The van der Waals surface area contributed by atoms with E-state index in [-0.39, 0.29) is 23.1 Å². The van der Waals surface area contributed by atoms with Crippen LogP contribution in [0.3, 0.4) is 0 Å². The van der Waals surface area contributed by atoms with Crippen LogP contribution < -0.4 is 0 Å². The van der Waals surface area contributed by atoms with Gasteiger partial charge in [0.1, 0.15) is 0 Å². The first-order chi connectivity index (χ1) is 9.82. The normalized spacial score (nSPS) is 17.4. The SMILES string of the molecule is CC(C)(C)c1cc(C(C)(C)C)c(-p2p3[p-]p23)c(C(C)(C)C)c1. The third-order valence-electron chi connectivity index (χ3n) is 4.39. The molecule has 22 heavy (non-hydrogen) atoms. The molecule has 0 N–H and O–H groups in total. The van der Waals surface area contributed by atoms with Gasteiger partial charge in [-0.15, -0.1) is 0 Å². The van der Waals surface area contributed by atoms with Gasteiger partial charge in [0.25, 0.3) is 0 Å². The van der Waals surface area contributed by atoms with Gasteiger partial charge in [-0.3, -0.25) is 0 Å². The molecule has 0 aliphatic carbocycles. The molecular weight excluding hydrogens is 340 g/mol. The molecule has 0 amide bonds. The lowest BCUT2D eigenvalue weighted by Crippen LogP contribution is -2.21. The van der Waals surface area contributed by atoms with Crippen LogP contribution in [0.1, 0.15) is 79.0 Å². The standard InChI is InChI=1S/C18H29P4/c1-16(2,3)12-10-13(17(4,5)6)15(20-21-19-22(20)21)14(11-12)18(7,8)9/h10-11H,1-9H3/q-1. The van der Waals surface area contributed by atoms with E-state index in [2.05, 4.69) is 74.4 Å². The van der Waals surface area contributed by atoms with E-state index >= 15 is 0 Å². The number of hydrogen-bond donors (Lipinski definition) is 0. The summed E-state index contributed by atoms with van der Waals surface area (Å²) in [6.45, 7) is 21.8. The Bertz CT molecular complexity index is 731. The first-order valence-electron chi connectivity index (χ1n) is 8.13. The Morgan fingerprint density at radius 3 is 1.32 bits per heavy atom. The maximum atomic E-state index is 2.56. The van der Waals surface area contributed by atoms with Gasteiger partial charge in [-0.05, 0) is 38.2 Å². The highest BCUT2D eigenvalue weighted by atomic mass is 33.1. The molecule has 2 aromatic heterocycles. The molecule has 2 unspecified atom stereocenters. The topological polar surface area (TPSA) is 0 Å². The highest BCUT2D eigenvalue weighted by Gasteiger charge is 2.31. The first kappa shape index (κ1) is 17.2. The van der Waals surface area contributed by atoms with Crippen molar-refractivity contribution in [3.05, 3.63) is 28.8 Å². The fourth-order valence-electron chi connectivity index (χ4n) is 2.82. The molecular formula is C18H29P4-. The van der Waals surface area contributed by atoms with E-state index in [9.17, 15) is 0 Å². The second-order valence-corrected chi connectivity index (χ2v) is 30.2. The van der Waals surface area contributed by atoms with Crippen LogP contribution in [0, 0.1) is 0 Å². The average Bonchev–Trinajstić information content (AvgIpc) is 3.13. The molecule has 0 aliphatic heterocycles. The van der Waals surface area contributed by atoms with Crippen LogP contribution in [0.5, 0.6) is 0 Å². The third-order valence-corrected chi connectivity index (χ3v) is 35.0. The van der Waals surface area contributed by atoms with Gasteiger partial charge in [-0.2, -0.15) is 27.2 Å². The van der Waals surface area contributed by atoms with Gasteiger partial charge in [-0.1, -0.05) is 74.4 Å². The summed E-state index contributed by atoms with van der Waals surface area (Å²) in [5.74, 6) is 0. The molecule has 3 rings (SSSR count). The van der Waals surface area contributed by atoms with E-state index in [1.54, 1.807) is 11.1 Å². The molecule has 0 saturated carbocycles. The van der Waals surface area contributed by atoms with Crippen molar-refractivity contribution in [3.63, 3.8) is 0 Å². The van der Waals surface area contributed by atoms with Crippen molar-refractivity contribution in [2.45, 2.75) is 78.6 Å². The predicted octanol–water partition coefficient (Wildman–Crippen LogP) is 9.01. The van der Waals surface area contributed by atoms with Gasteiger partial charge >= 0.3 is 0 Å². The lowest BCUT2D eigenvalue weighted by molar-refractivity contribution is 0.552. The fraction of sp³-hybridized carbons (Fsp3) is 0.667. The third kappa shape index (κ3) is 3.03. The Hall–Kier alpha value is 0.420. The van der Waals surface area contributed by atoms with E-state index < -0.39 is 0 Å². The highest BCUT2D eigenvalue weighted by molar-refractivity contribution is 9.05. The maximum Gasteiger partial charge on any atom is -0.0129 e. The lowest BCUT2D eigenvalue weighted by atomic mass is 9.75. The van der Waals surface area contributed by atoms with Crippen LogP contribution in [0.15, 0.2) is 12.1 Å². The fourth-order valence-corrected chi connectivity index (χ4v) is 38.5. The summed E-state index contributed by atoms with van der Waals surface area (Å²) in [5.41, 5.74) is 5.62. The zero-order valence-corrected chi connectivity index (χ0v) is 19.0. The molecule has 2 atom stereocenters. The highest BCUT2D eigenvalue weighted by Crippen LogP contribution is 3.06. The molecule has 3 aromatic rings. The molecule has 0 aliphatic rings. The Morgan fingerprint density at radius 2 is 1.09 bits per heavy atom. The van der Waals surface area contributed by atoms with E-state index in [0.29, 0.717) is 12.7 Å². The van der Waals surface area contributed by atoms with Crippen molar-refractivity contribution in [3.8, 4) is 5.30 Å². The summed E-state index contributed by atoms with van der Waals surface area (Å²) in [6.07, 6.45) is 0.988. The van der Waals surface area contributed by atoms with Crippen LogP contribution >= 0.6 is 27.2 Å². The minimum atomic E-state index is 0.229. The van der Waals surface area contributed by atoms with Crippen molar-refractivity contribution >= 4 is 27.2 Å². The van der Waals surface area contributed by atoms with Crippen molar-refractivity contribution in [1.29, 1.82) is 0 Å². The lowest BCUT2D eigenvalue weighted by Gasteiger charge is -2.34. The predicted molar refractivity (Wildman–Crippen MR) is 110 cm³/mol. The van der Waals surface area contributed by atoms with E-state index in [4.69, 9.17) is 0 Å². The molecule has 0 fully saturated rings. The zero-order chi connectivity index (χ0) is 16.7. The Morgan fingerprint density at radius 1 is 0.682 bits per heavy atom. The van der Waals surface area contributed by atoms with Gasteiger partial charge in [0.15, 0.2) is 0 Å². The van der Waals surface area contributed by atoms with Crippen molar-refractivity contribution < 1.29 is 0 Å². The van der Waals surface area contributed by atoms with Gasteiger partial charge in [0, 0.05) is 0 Å². The average molecular weight is 369 g/mol. The van der Waals surface area contributed by atoms with Crippen LogP contribution in [0.4, 0.5) is 0 Å². The van der Waals surface area contributed by atoms with Crippen LogP contribution in [-0.2, 0) is 16.2 Å². The molecule has 122 valence electrons. The van der Waals surface area contributed by atoms with Crippen molar-refractivity contribution in [2.75, 3.05) is 0 Å². The van der Waals surface area contributed by atoms with Crippen molar-refractivity contribution in [1.82, 2.24) is 0 Å². The molecule has 4 heteroatoms. The molecule has 0 bridgehead atoms. The molecule has 2 heterocycles. The summed E-state index contributed by atoms with van der Waals surface area (Å²) in [4.78, 5) is 0. The Kier molecular flexibility index (Phi) is 3.89. The minimum absolute atomic E-state index is 0.229. The van der Waals surface area contributed by atoms with Crippen molar-refractivity contribution in [2.24, 2.45) is 0 Å². The smallest absolute Gasteiger partial charge is 0.0129 e. The van der Waals surface area contributed by atoms with E-state index in [0.717, 1.165) is 0 Å². The molecule has 0 spiro atoms. The molecule has 0 radical (unpaired) electrons. The second kappa shape index (κ2) is 4.96. The summed E-state index contributed by atoms with van der Waals surface area (Å²) in [6, 6.07) is 5.13. The summed E-state index contributed by atoms with van der Waals surface area (Å²) in [7, 11) is 1.87. The minimum Gasteiger partial charge on any atom is -0.199 e. The zero-order valence-electron chi connectivity index (χ0n) is 15.4. The van der Waals surface area contributed by atoms with Gasteiger partial charge in [0.05, 0.1) is 0 Å². The molecule has 0 nitrogen and oxygen atoms in total. The summed E-state index contributed by atoms with van der Waals surface area (Å²) < 4.78 is 0. The number of hydrogen-bond acceptors (Lipinski definition) is 0. The summed E-state index contributed by atoms with van der Waals surface area (Å²) in [5, 5.41) is 1.83. The number of benzene rings is 1. The van der Waals surface area contributed by atoms with Gasteiger partial charge in [0.2, 0.25) is 0 Å². The molecule has 0 saturated heterocycles. The number of rotatable bonds is 1. The van der Waals surface area contributed by atoms with Crippen LogP contribution in [0.2, 0.25) is 0 Å². The maximum absolute atomic E-state index is 2.56. The Labute approximate surface area is 140 Å². The monoisotopic (exact) mass is 369 g/mol. The number of fused-ring (bicyclic) bond motifs is 1. The largest absolute Gasteiger partial charge is 0.199 e. The molecule has 1 aromatic carbocycles. The quantitative estimate of drug-likeness (QED) is 0.401. The van der Waals surface area contributed by atoms with Crippen LogP contribution in [0.25, 0.3) is 5.30 Å². The first-order valence-corrected chi connectivity index (χ1v) is 16.6. The van der Waals surface area contributed by atoms with E-state index in [1.807, 2.05) is 12.9 Å². The van der Waals surface area contributed by atoms with Gasteiger partial charge in [-0.25, -0.2) is 0 Å².